The quantitative estimate of drug-likeness (QED) is 0.456. The first kappa shape index (κ1) is 18.4. The molecular weight excluding hydrogens is 370 g/mol. The number of nitrogens with zero attached hydrogens (tertiary/aromatic N) is 2. The maximum atomic E-state index is 12.0. The molecule has 0 saturated carbocycles. The van der Waals surface area contributed by atoms with Gasteiger partial charge in [-0.2, -0.15) is 5.26 Å². The van der Waals surface area contributed by atoms with Gasteiger partial charge in [-0.15, -0.1) is 11.3 Å². The van der Waals surface area contributed by atoms with E-state index in [1.54, 1.807) is 6.92 Å². The van der Waals surface area contributed by atoms with Gasteiger partial charge in [0, 0.05) is 11.6 Å². The molecule has 0 amide bonds. The predicted molar refractivity (Wildman–Crippen MR) is 89.5 cm³/mol. The minimum atomic E-state index is -0.804. The molecule has 25 heavy (non-hydrogen) atoms. The van der Waals surface area contributed by atoms with E-state index in [-0.39, 0.29) is 44.1 Å². The highest BCUT2D eigenvalue weighted by atomic mass is 32.1. The molecule has 0 bridgehead atoms. The Balaban J connectivity index is 2.21. The fourth-order valence-electron chi connectivity index (χ4n) is 1.85. The molecule has 0 aliphatic carbocycles. The van der Waals surface area contributed by atoms with Crippen molar-refractivity contribution in [3.05, 3.63) is 43.1 Å². The third-order valence-corrected chi connectivity index (χ3v) is 4.99. The van der Waals surface area contributed by atoms with E-state index in [9.17, 15) is 25.0 Å². The summed E-state index contributed by atoms with van der Waals surface area (Å²) < 4.78 is 9.97. The first-order chi connectivity index (χ1) is 11.9. The van der Waals surface area contributed by atoms with E-state index in [4.69, 9.17) is 15.2 Å². The molecule has 0 saturated heterocycles. The number of carbonyl (C=O) groups excluding carboxylic acids is 2. The Labute approximate surface area is 149 Å². The summed E-state index contributed by atoms with van der Waals surface area (Å²) in [6, 6.07) is 4.32. The van der Waals surface area contributed by atoms with Gasteiger partial charge in [-0.1, -0.05) is 11.3 Å². The van der Waals surface area contributed by atoms with E-state index in [0.717, 1.165) is 11.3 Å². The molecule has 0 atom stereocenters. The molecule has 11 heteroatoms. The molecule has 0 aliphatic rings. The molecule has 0 radical (unpaired) electrons. The molecule has 0 spiro atoms. The van der Waals surface area contributed by atoms with Gasteiger partial charge in [-0.25, -0.2) is 9.59 Å². The Morgan fingerprint density at radius 1 is 1.32 bits per heavy atom. The van der Waals surface area contributed by atoms with E-state index < -0.39 is 16.9 Å². The highest BCUT2D eigenvalue weighted by molar-refractivity contribution is 7.18. The van der Waals surface area contributed by atoms with Crippen LogP contribution >= 0.6 is 22.7 Å². The van der Waals surface area contributed by atoms with Gasteiger partial charge < -0.3 is 15.2 Å². The largest absolute Gasteiger partial charge is 0.462 e. The minimum Gasteiger partial charge on any atom is -0.462 e. The van der Waals surface area contributed by atoms with Crippen LogP contribution in [0.25, 0.3) is 0 Å². The summed E-state index contributed by atoms with van der Waals surface area (Å²) in [5.74, 6) is -1.47. The van der Waals surface area contributed by atoms with Crippen molar-refractivity contribution in [1.82, 2.24) is 0 Å². The molecule has 2 aromatic rings. The number of esters is 2. The van der Waals surface area contributed by atoms with Crippen LogP contribution in [-0.4, -0.2) is 23.5 Å². The number of hydrogen-bond donors (Lipinski definition) is 1. The van der Waals surface area contributed by atoms with Crippen LogP contribution in [0.3, 0.4) is 0 Å². The van der Waals surface area contributed by atoms with Crippen LogP contribution in [0.4, 0.5) is 10.0 Å². The summed E-state index contributed by atoms with van der Waals surface area (Å²) in [4.78, 5) is 34.1. The molecule has 9 nitrogen and oxygen atoms in total. The first-order valence-corrected chi connectivity index (χ1v) is 8.42. The number of nitrogen functional groups attached to an aromatic ring is 1. The van der Waals surface area contributed by atoms with Crippen LogP contribution in [0.2, 0.25) is 0 Å². The number of carbonyl (C=O) groups is 2. The highest BCUT2D eigenvalue weighted by Gasteiger charge is 2.24. The maximum absolute atomic E-state index is 12.0. The lowest BCUT2D eigenvalue weighted by atomic mass is 10.1. The molecule has 2 heterocycles. The third-order valence-electron chi connectivity index (χ3n) is 2.93. The smallest absolute Gasteiger partial charge is 0.348 e. The normalized spacial score (nSPS) is 10.1. The summed E-state index contributed by atoms with van der Waals surface area (Å²) in [7, 11) is 0. The summed E-state index contributed by atoms with van der Waals surface area (Å²) in [6.45, 7) is 1.38. The number of ether oxygens (including phenoxy) is 2. The fourth-order valence-corrected chi connectivity index (χ4v) is 3.48. The van der Waals surface area contributed by atoms with Crippen LogP contribution in [0.15, 0.2) is 12.1 Å². The molecule has 2 rings (SSSR count). The number of hydrogen-bond acceptors (Lipinski definition) is 10. The summed E-state index contributed by atoms with van der Waals surface area (Å²) in [5, 5.41) is 19.7. The lowest BCUT2D eigenvalue weighted by Crippen LogP contribution is -2.09. The molecule has 0 fully saturated rings. The zero-order valence-electron chi connectivity index (χ0n) is 12.8. The number of nitro groups is 1. The van der Waals surface area contributed by atoms with Crippen molar-refractivity contribution in [3.63, 3.8) is 0 Å². The van der Waals surface area contributed by atoms with Crippen molar-refractivity contribution in [2.24, 2.45) is 0 Å². The Morgan fingerprint density at radius 2 is 2.04 bits per heavy atom. The second kappa shape index (κ2) is 7.73. The second-order valence-corrected chi connectivity index (χ2v) is 6.57. The van der Waals surface area contributed by atoms with Gasteiger partial charge in [0.1, 0.15) is 27.4 Å². The average molecular weight is 381 g/mol. The van der Waals surface area contributed by atoms with E-state index in [0.29, 0.717) is 11.3 Å². The number of nitrogens with two attached hydrogens (primary N) is 1. The van der Waals surface area contributed by atoms with Gasteiger partial charge >= 0.3 is 16.9 Å². The number of nitriles is 1. The number of rotatable bonds is 6. The summed E-state index contributed by atoms with van der Waals surface area (Å²) in [6.07, 6.45) is 0. The topological polar surface area (TPSA) is 146 Å². The number of thiophene rings is 2. The Bertz CT molecular complexity index is 880. The van der Waals surface area contributed by atoms with Crippen molar-refractivity contribution < 1.29 is 24.0 Å². The zero-order chi connectivity index (χ0) is 18.6. The lowest BCUT2D eigenvalue weighted by molar-refractivity contribution is -0.380. The van der Waals surface area contributed by atoms with Crippen molar-refractivity contribution in [1.29, 1.82) is 5.26 Å². The maximum Gasteiger partial charge on any atom is 0.348 e. The Kier molecular flexibility index (Phi) is 5.68. The lowest BCUT2D eigenvalue weighted by Gasteiger charge is -2.05. The van der Waals surface area contributed by atoms with Crippen LogP contribution in [0.5, 0.6) is 0 Å². The predicted octanol–water partition coefficient (Wildman–Crippen LogP) is 2.71. The van der Waals surface area contributed by atoms with Crippen LogP contribution in [0.1, 0.15) is 37.4 Å². The third kappa shape index (κ3) is 3.93. The molecule has 0 aliphatic heterocycles. The van der Waals surface area contributed by atoms with Crippen LogP contribution < -0.4 is 5.73 Å². The average Bonchev–Trinajstić information content (AvgIpc) is 3.17. The van der Waals surface area contributed by atoms with Crippen molar-refractivity contribution >= 4 is 44.6 Å². The van der Waals surface area contributed by atoms with Gasteiger partial charge in [-0.3, -0.25) is 10.1 Å². The Hall–Kier alpha value is -2.97. The zero-order valence-corrected chi connectivity index (χ0v) is 14.4. The fraction of sp³-hybridized carbons (Fsp3) is 0.214. The highest BCUT2D eigenvalue weighted by Crippen LogP contribution is 2.32. The van der Waals surface area contributed by atoms with Gasteiger partial charge in [0.25, 0.3) is 0 Å². The Morgan fingerprint density at radius 3 is 2.60 bits per heavy atom. The molecule has 2 aromatic heterocycles. The summed E-state index contributed by atoms with van der Waals surface area (Å²) >= 11 is 1.54. The molecule has 0 unspecified atom stereocenters. The van der Waals surface area contributed by atoms with Gasteiger partial charge in [0.05, 0.1) is 17.1 Å². The van der Waals surface area contributed by atoms with Gasteiger partial charge in [-0.05, 0) is 13.0 Å². The summed E-state index contributed by atoms with van der Waals surface area (Å²) in [5.41, 5.74) is 5.91. The monoisotopic (exact) mass is 381 g/mol. The standard InChI is InChI=1S/C14H11N3O6S2/c1-2-22-14(19)11-8(7(5-15)12(16)25-11)6-23-13(18)9-3-4-10(24-9)17(20)21/h3-4H,2,6,16H2,1H3. The van der Waals surface area contributed by atoms with Crippen molar-refractivity contribution in [2.45, 2.75) is 13.5 Å². The van der Waals surface area contributed by atoms with E-state index >= 15 is 0 Å². The molecule has 0 aromatic carbocycles. The SMILES string of the molecule is CCOC(=O)c1sc(N)c(C#N)c1COC(=O)c1ccc([N+](=O)[O-])s1. The van der Waals surface area contributed by atoms with Crippen LogP contribution in [-0.2, 0) is 16.1 Å². The van der Waals surface area contributed by atoms with E-state index in [2.05, 4.69) is 0 Å². The molecule has 130 valence electrons. The van der Waals surface area contributed by atoms with Crippen LogP contribution in [0, 0.1) is 21.4 Å². The van der Waals surface area contributed by atoms with Gasteiger partial charge in [0.15, 0.2) is 0 Å². The molecule has 2 N–H and O–H groups in total. The van der Waals surface area contributed by atoms with Crippen molar-refractivity contribution in [2.75, 3.05) is 12.3 Å². The van der Waals surface area contributed by atoms with E-state index in [1.807, 2.05) is 6.07 Å². The second-order valence-electron chi connectivity index (χ2n) is 4.45. The van der Waals surface area contributed by atoms with Gasteiger partial charge in [0.2, 0.25) is 0 Å². The molecular formula is C14H11N3O6S2. The van der Waals surface area contributed by atoms with Crippen molar-refractivity contribution in [3.8, 4) is 6.07 Å². The first-order valence-electron chi connectivity index (χ1n) is 6.78. The number of anilines is 1. The minimum absolute atomic E-state index is 0.0334. The van der Waals surface area contributed by atoms with E-state index in [1.165, 1.54) is 12.1 Å².